The number of hydrogen-bond donors (Lipinski definition) is 4. The lowest BCUT2D eigenvalue weighted by Crippen LogP contribution is -2.53. The largest absolute Gasteiger partial charge is 0.396 e. The minimum absolute atomic E-state index is 0.0743. The second kappa shape index (κ2) is 8.83. The van der Waals surface area contributed by atoms with Crippen LogP contribution in [-0.2, 0) is 6.54 Å². The van der Waals surface area contributed by atoms with Crippen molar-refractivity contribution >= 4 is 11.0 Å². The van der Waals surface area contributed by atoms with E-state index in [1.807, 2.05) is 12.1 Å². The number of aliphatic hydroxyl groups excluding tert-OH is 2. The van der Waals surface area contributed by atoms with Crippen molar-refractivity contribution in [1.29, 1.82) is 0 Å². The van der Waals surface area contributed by atoms with E-state index in [1.165, 1.54) is 24.8 Å². The fourth-order valence-electron chi connectivity index (χ4n) is 7.91. The topological polar surface area (TPSA) is 81.2 Å². The second-order valence-electron chi connectivity index (χ2n) is 11.6. The lowest BCUT2D eigenvalue weighted by molar-refractivity contribution is -0.0933. The summed E-state index contributed by atoms with van der Waals surface area (Å²) in [5.41, 5.74) is 3.86. The van der Waals surface area contributed by atoms with Crippen LogP contribution in [0.4, 0.5) is 0 Å². The number of nitrogens with zero attached hydrogens (tertiary/aromatic N) is 1. The van der Waals surface area contributed by atoms with E-state index in [0.717, 1.165) is 55.6 Å². The van der Waals surface area contributed by atoms with E-state index in [1.54, 1.807) is 0 Å². The summed E-state index contributed by atoms with van der Waals surface area (Å²) >= 11 is 0. The van der Waals surface area contributed by atoms with E-state index < -0.39 is 0 Å². The van der Waals surface area contributed by atoms with Gasteiger partial charge in [0.25, 0.3) is 0 Å². The van der Waals surface area contributed by atoms with Crippen LogP contribution in [0.15, 0.2) is 36.4 Å². The first kappa shape index (κ1) is 23.1. The van der Waals surface area contributed by atoms with Crippen molar-refractivity contribution in [3.63, 3.8) is 0 Å². The van der Waals surface area contributed by atoms with Crippen LogP contribution in [0.3, 0.4) is 0 Å². The number of aromatic nitrogens is 2. The predicted octanol–water partition coefficient (Wildman–Crippen LogP) is 4.81. The van der Waals surface area contributed by atoms with Gasteiger partial charge in [-0.15, -0.1) is 0 Å². The van der Waals surface area contributed by atoms with Gasteiger partial charge >= 0.3 is 0 Å². The summed E-state index contributed by atoms with van der Waals surface area (Å²) in [5.74, 6) is 2.89. The van der Waals surface area contributed by atoms with E-state index >= 15 is 0 Å². The molecule has 1 aromatic carbocycles. The van der Waals surface area contributed by atoms with Crippen molar-refractivity contribution < 1.29 is 10.2 Å². The summed E-state index contributed by atoms with van der Waals surface area (Å²) in [4.78, 5) is 8.20. The summed E-state index contributed by atoms with van der Waals surface area (Å²) in [6.07, 6.45) is 7.10. The van der Waals surface area contributed by atoms with Crippen LogP contribution in [0.2, 0.25) is 0 Å². The quantitative estimate of drug-likeness (QED) is 0.475. The Labute approximate surface area is 198 Å². The Morgan fingerprint density at radius 1 is 1.15 bits per heavy atom. The van der Waals surface area contributed by atoms with E-state index in [0.29, 0.717) is 17.8 Å². The maximum absolute atomic E-state index is 10.3. The second-order valence-corrected chi connectivity index (χ2v) is 11.6. The van der Waals surface area contributed by atoms with Gasteiger partial charge in [-0.2, -0.15) is 0 Å². The van der Waals surface area contributed by atoms with Crippen molar-refractivity contribution in [2.24, 2.45) is 34.5 Å². The molecule has 7 atom stereocenters. The van der Waals surface area contributed by atoms with Gasteiger partial charge in [0.1, 0.15) is 5.82 Å². The van der Waals surface area contributed by atoms with Gasteiger partial charge in [-0.05, 0) is 98.1 Å². The third kappa shape index (κ3) is 3.96. The zero-order valence-electron chi connectivity index (χ0n) is 20.3. The van der Waals surface area contributed by atoms with Crippen LogP contribution >= 0.6 is 0 Å². The zero-order valence-corrected chi connectivity index (χ0v) is 20.3. The normalized spacial score (nSPS) is 39.2. The molecule has 2 aromatic rings. The van der Waals surface area contributed by atoms with Crippen molar-refractivity contribution in [2.75, 3.05) is 13.2 Å². The van der Waals surface area contributed by atoms with Gasteiger partial charge in [-0.3, -0.25) is 0 Å². The Morgan fingerprint density at radius 2 is 1.97 bits per heavy atom. The molecule has 0 spiro atoms. The van der Waals surface area contributed by atoms with Crippen LogP contribution < -0.4 is 5.32 Å². The predicted molar refractivity (Wildman–Crippen MR) is 133 cm³/mol. The molecule has 5 rings (SSSR count). The number of fused-ring (bicyclic) bond motifs is 2. The number of allylic oxidation sites excluding steroid dienone is 1. The molecule has 0 radical (unpaired) electrons. The Kier molecular flexibility index (Phi) is 6.17. The molecular weight excluding hydrogens is 410 g/mol. The molecule has 33 heavy (non-hydrogen) atoms. The number of nitrogens with one attached hydrogen (secondary N) is 2. The fraction of sp³-hybridized carbons (Fsp3) is 0.679. The fourth-order valence-corrected chi connectivity index (χ4v) is 7.91. The maximum atomic E-state index is 10.3. The van der Waals surface area contributed by atoms with E-state index in [2.05, 4.69) is 42.9 Å². The molecule has 5 nitrogen and oxygen atoms in total. The molecule has 3 saturated carbocycles. The molecule has 1 aromatic heterocycles. The smallest absolute Gasteiger partial charge is 0.121 e. The summed E-state index contributed by atoms with van der Waals surface area (Å²) in [6, 6.07) is 8.19. The Morgan fingerprint density at radius 3 is 2.76 bits per heavy atom. The number of hydrogen-bond acceptors (Lipinski definition) is 4. The highest BCUT2D eigenvalue weighted by atomic mass is 16.3. The molecule has 180 valence electrons. The minimum atomic E-state index is -0.264. The Hall–Kier alpha value is -1.69. The van der Waals surface area contributed by atoms with Gasteiger partial charge < -0.3 is 20.5 Å². The van der Waals surface area contributed by atoms with Gasteiger partial charge in [-0.25, -0.2) is 4.98 Å². The summed E-state index contributed by atoms with van der Waals surface area (Å²) in [7, 11) is 0. The number of H-pyrrole nitrogens is 1. The summed E-state index contributed by atoms with van der Waals surface area (Å²) < 4.78 is 0. The zero-order chi connectivity index (χ0) is 23.2. The number of rotatable bonds is 6. The lowest BCUT2D eigenvalue weighted by atomic mass is 9.49. The van der Waals surface area contributed by atoms with Crippen LogP contribution in [0.5, 0.6) is 0 Å². The standard InChI is InChI=1S/C28H41N3O2/c1-18-8-9-22-21(15-29-16-26-30-24-6-4-5-7-25(24)31-26)23(11-13-27(18,22)2)28(3)12-10-20(33)14-19(28)17-32/h4-7,19-23,29,32-33H,1,8-17H2,2-3H3,(H,30,31). The first-order valence-electron chi connectivity index (χ1n) is 13.0. The van der Waals surface area contributed by atoms with Crippen molar-refractivity contribution in [1.82, 2.24) is 15.3 Å². The molecular formula is C28H41N3O2. The van der Waals surface area contributed by atoms with Crippen LogP contribution in [0.1, 0.15) is 64.6 Å². The molecule has 3 fully saturated rings. The molecule has 7 unspecified atom stereocenters. The van der Waals surface area contributed by atoms with Gasteiger partial charge in [0.2, 0.25) is 0 Å². The highest BCUT2D eigenvalue weighted by Gasteiger charge is 2.56. The summed E-state index contributed by atoms with van der Waals surface area (Å²) in [5, 5.41) is 24.4. The van der Waals surface area contributed by atoms with Crippen molar-refractivity contribution in [3.05, 3.63) is 42.2 Å². The number of benzene rings is 1. The van der Waals surface area contributed by atoms with E-state index in [-0.39, 0.29) is 29.5 Å². The van der Waals surface area contributed by atoms with Crippen LogP contribution in [-0.4, -0.2) is 39.4 Å². The third-order valence-corrected chi connectivity index (χ3v) is 10.1. The van der Waals surface area contributed by atoms with Crippen LogP contribution in [0, 0.1) is 34.5 Å². The number of aromatic amines is 1. The number of para-hydroxylation sites is 2. The van der Waals surface area contributed by atoms with Crippen molar-refractivity contribution in [3.8, 4) is 0 Å². The van der Waals surface area contributed by atoms with Crippen molar-refractivity contribution in [2.45, 2.75) is 71.4 Å². The highest BCUT2D eigenvalue weighted by molar-refractivity contribution is 5.74. The molecule has 1 heterocycles. The molecule has 5 heteroatoms. The average Bonchev–Trinajstić information content (AvgIpc) is 3.36. The first-order valence-corrected chi connectivity index (χ1v) is 13.0. The van der Waals surface area contributed by atoms with Gasteiger partial charge in [0, 0.05) is 6.61 Å². The SMILES string of the molecule is C=C1CCC2C(CNCc3nc4ccccc4[nH]3)C(C3(C)CCC(O)CC3CO)CCC12C. The lowest BCUT2D eigenvalue weighted by Gasteiger charge is -2.56. The highest BCUT2D eigenvalue weighted by Crippen LogP contribution is 2.63. The van der Waals surface area contributed by atoms with Gasteiger partial charge in [0.05, 0.1) is 23.7 Å². The van der Waals surface area contributed by atoms with Crippen LogP contribution in [0.25, 0.3) is 11.0 Å². The maximum Gasteiger partial charge on any atom is 0.121 e. The van der Waals surface area contributed by atoms with Gasteiger partial charge in [0.15, 0.2) is 0 Å². The molecule has 0 bridgehead atoms. The molecule has 0 amide bonds. The van der Waals surface area contributed by atoms with E-state index in [4.69, 9.17) is 4.98 Å². The Balaban J connectivity index is 1.37. The number of imidazole rings is 1. The molecule has 0 aliphatic heterocycles. The molecule has 3 aliphatic rings. The average molecular weight is 452 g/mol. The third-order valence-electron chi connectivity index (χ3n) is 10.1. The molecule has 3 aliphatic carbocycles. The monoisotopic (exact) mass is 451 g/mol. The minimum Gasteiger partial charge on any atom is -0.396 e. The van der Waals surface area contributed by atoms with E-state index in [9.17, 15) is 10.2 Å². The first-order chi connectivity index (χ1) is 15.8. The molecule has 4 N–H and O–H groups in total. The van der Waals surface area contributed by atoms with Gasteiger partial charge in [-0.1, -0.05) is 38.1 Å². The Bertz CT molecular complexity index is 969. The summed E-state index contributed by atoms with van der Waals surface area (Å²) in [6.45, 7) is 11.2. The number of aliphatic hydroxyl groups is 2. The molecule has 0 saturated heterocycles.